The van der Waals surface area contributed by atoms with Crippen LogP contribution in [0.1, 0.15) is 24.1 Å². The Balaban J connectivity index is 2.10. The van der Waals surface area contributed by atoms with E-state index >= 15 is 0 Å². The number of nitrogen functional groups attached to an aromatic ring is 1. The molecule has 0 amide bonds. The quantitative estimate of drug-likeness (QED) is 0.883. The third-order valence-electron chi connectivity index (χ3n) is 3.13. The molecule has 0 saturated heterocycles. The van der Waals surface area contributed by atoms with E-state index in [2.05, 4.69) is 17.2 Å². The molecule has 0 aliphatic rings. The van der Waals surface area contributed by atoms with E-state index in [-0.39, 0.29) is 6.04 Å². The van der Waals surface area contributed by atoms with Crippen molar-refractivity contribution in [3.63, 3.8) is 0 Å². The van der Waals surface area contributed by atoms with Crippen molar-refractivity contribution >= 4 is 11.5 Å². The highest BCUT2D eigenvalue weighted by Gasteiger charge is 2.07. The monoisotopic (exact) mass is 257 g/mol. The summed E-state index contributed by atoms with van der Waals surface area (Å²) in [5.74, 6) is 1.64. The Morgan fingerprint density at radius 2 is 1.95 bits per heavy atom. The predicted octanol–water partition coefficient (Wildman–Crippen LogP) is 3.15. The van der Waals surface area contributed by atoms with Gasteiger partial charge in [0.05, 0.1) is 7.11 Å². The van der Waals surface area contributed by atoms with Crippen molar-refractivity contribution in [2.24, 2.45) is 0 Å². The van der Waals surface area contributed by atoms with Gasteiger partial charge in [-0.05, 0) is 37.1 Å². The maximum atomic E-state index is 5.88. The van der Waals surface area contributed by atoms with Gasteiger partial charge in [0.15, 0.2) is 0 Å². The summed E-state index contributed by atoms with van der Waals surface area (Å²) in [5.41, 5.74) is 8.78. The second kappa shape index (κ2) is 5.61. The zero-order valence-corrected chi connectivity index (χ0v) is 11.5. The summed E-state index contributed by atoms with van der Waals surface area (Å²) in [6.45, 7) is 4.03. The van der Waals surface area contributed by atoms with Crippen molar-refractivity contribution in [1.29, 1.82) is 0 Å². The Morgan fingerprint density at radius 3 is 2.53 bits per heavy atom. The van der Waals surface area contributed by atoms with E-state index in [1.165, 1.54) is 5.56 Å². The zero-order chi connectivity index (χ0) is 13.8. The van der Waals surface area contributed by atoms with Gasteiger partial charge in [-0.25, -0.2) is 4.98 Å². The van der Waals surface area contributed by atoms with Gasteiger partial charge in [-0.15, -0.1) is 0 Å². The van der Waals surface area contributed by atoms with Crippen molar-refractivity contribution in [2.45, 2.75) is 19.9 Å². The fraction of sp³-hybridized carbons (Fsp3) is 0.267. The third kappa shape index (κ3) is 3.16. The van der Waals surface area contributed by atoms with Gasteiger partial charge in [-0.2, -0.15) is 0 Å². The summed E-state index contributed by atoms with van der Waals surface area (Å²) in [6.07, 6.45) is 1.78. The number of aromatic nitrogens is 1. The summed E-state index contributed by atoms with van der Waals surface area (Å²) in [7, 11) is 1.66. The highest BCUT2D eigenvalue weighted by molar-refractivity contribution is 5.54. The molecule has 1 heterocycles. The first-order valence-corrected chi connectivity index (χ1v) is 6.22. The molecule has 19 heavy (non-hydrogen) atoms. The standard InChI is InChI=1S/C15H19N3O/c1-10-9-17-15(8-14(10)16)18-11(2)12-4-6-13(19-3)7-5-12/h4-9,11H,1-3H3,(H3,16,17,18). The number of nitrogens with one attached hydrogen (secondary N) is 1. The summed E-state index contributed by atoms with van der Waals surface area (Å²) >= 11 is 0. The van der Waals surface area contributed by atoms with E-state index in [9.17, 15) is 0 Å². The number of methoxy groups -OCH3 is 1. The SMILES string of the molecule is COc1ccc(C(C)Nc2cc(N)c(C)cn2)cc1. The predicted molar refractivity (Wildman–Crippen MR) is 78.4 cm³/mol. The fourth-order valence-electron chi connectivity index (χ4n) is 1.82. The lowest BCUT2D eigenvalue weighted by molar-refractivity contribution is 0.414. The smallest absolute Gasteiger partial charge is 0.128 e. The molecule has 0 saturated carbocycles. The number of aryl methyl sites for hydroxylation is 1. The Morgan fingerprint density at radius 1 is 1.26 bits per heavy atom. The van der Waals surface area contributed by atoms with Crippen LogP contribution in [0.4, 0.5) is 11.5 Å². The lowest BCUT2D eigenvalue weighted by Gasteiger charge is -2.16. The highest BCUT2D eigenvalue weighted by atomic mass is 16.5. The minimum atomic E-state index is 0.153. The van der Waals surface area contributed by atoms with Crippen LogP contribution in [-0.4, -0.2) is 12.1 Å². The lowest BCUT2D eigenvalue weighted by atomic mass is 10.1. The fourth-order valence-corrected chi connectivity index (χ4v) is 1.82. The number of rotatable bonds is 4. The minimum absolute atomic E-state index is 0.153. The van der Waals surface area contributed by atoms with Crippen LogP contribution < -0.4 is 15.8 Å². The molecule has 2 rings (SSSR count). The Labute approximate surface area is 113 Å². The van der Waals surface area contributed by atoms with Gasteiger partial charge in [0.2, 0.25) is 0 Å². The lowest BCUT2D eigenvalue weighted by Crippen LogP contribution is -2.08. The van der Waals surface area contributed by atoms with E-state index in [0.29, 0.717) is 0 Å². The normalized spacial score (nSPS) is 11.9. The minimum Gasteiger partial charge on any atom is -0.497 e. The number of hydrogen-bond acceptors (Lipinski definition) is 4. The number of benzene rings is 1. The van der Waals surface area contributed by atoms with Gasteiger partial charge in [0.25, 0.3) is 0 Å². The number of anilines is 2. The molecule has 4 nitrogen and oxygen atoms in total. The maximum absolute atomic E-state index is 5.88. The molecule has 1 unspecified atom stereocenters. The van der Waals surface area contributed by atoms with Gasteiger partial charge in [0, 0.05) is 24.0 Å². The molecule has 0 radical (unpaired) electrons. The molecule has 4 heteroatoms. The van der Waals surface area contributed by atoms with Gasteiger partial charge in [-0.3, -0.25) is 0 Å². The van der Waals surface area contributed by atoms with Crippen LogP contribution in [-0.2, 0) is 0 Å². The summed E-state index contributed by atoms with van der Waals surface area (Å²) in [4.78, 5) is 4.32. The second-order valence-corrected chi connectivity index (χ2v) is 4.57. The molecule has 0 bridgehead atoms. The number of nitrogens with zero attached hydrogens (tertiary/aromatic N) is 1. The van der Waals surface area contributed by atoms with Crippen molar-refractivity contribution in [2.75, 3.05) is 18.2 Å². The number of pyridine rings is 1. The molecular weight excluding hydrogens is 238 g/mol. The molecule has 100 valence electrons. The van der Waals surface area contributed by atoms with E-state index in [0.717, 1.165) is 22.8 Å². The van der Waals surface area contributed by atoms with Crippen LogP contribution in [0.15, 0.2) is 36.5 Å². The van der Waals surface area contributed by atoms with Gasteiger partial charge in [-0.1, -0.05) is 12.1 Å². The average molecular weight is 257 g/mol. The molecule has 1 aromatic carbocycles. The van der Waals surface area contributed by atoms with Crippen LogP contribution >= 0.6 is 0 Å². The van der Waals surface area contributed by atoms with Crippen LogP contribution in [0.25, 0.3) is 0 Å². The maximum Gasteiger partial charge on any atom is 0.128 e. The first-order chi connectivity index (χ1) is 9.10. The van der Waals surface area contributed by atoms with Crippen LogP contribution in [0.2, 0.25) is 0 Å². The topological polar surface area (TPSA) is 60.2 Å². The zero-order valence-electron chi connectivity index (χ0n) is 11.5. The molecular formula is C15H19N3O. The van der Waals surface area contributed by atoms with Crippen LogP contribution in [0.5, 0.6) is 5.75 Å². The summed E-state index contributed by atoms with van der Waals surface area (Å²) in [6, 6.07) is 9.98. The van der Waals surface area contributed by atoms with E-state index in [1.807, 2.05) is 37.3 Å². The molecule has 1 aromatic heterocycles. The highest BCUT2D eigenvalue weighted by Crippen LogP contribution is 2.22. The largest absolute Gasteiger partial charge is 0.497 e. The first-order valence-electron chi connectivity index (χ1n) is 6.22. The number of nitrogens with two attached hydrogens (primary N) is 1. The van der Waals surface area contributed by atoms with E-state index < -0.39 is 0 Å². The van der Waals surface area contributed by atoms with Crippen molar-refractivity contribution < 1.29 is 4.74 Å². The second-order valence-electron chi connectivity index (χ2n) is 4.57. The molecule has 1 atom stereocenters. The van der Waals surface area contributed by atoms with Crippen LogP contribution in [0.3, 0.4) is 0 Å². The molecule has 0 spiro atoms. The van der Waals surface area contributed by atoms with Gasteiger partial charge in [0.1, 0.15) is 11.6 Å². The van der Waals surface area contributed by atoms with E-state index in [1.54, 1.807) is 13.3 Å². The number of ether oxygens (including phenoxy) is 1. The van der Waals surface area contributed by atoms with Crippen molar-refractivity contribution in [3.05, 3.63) is 47.7 Å². The first kappa shape index (κ1) is 13.2. The third-order valence-corrected chi connectivity index (χ3v) is 3.13. The van der Waals surface area contributed by atoms with E-state index in [4.69, 9.17) is 10.5 Å². The number of hydrogen-bond donors (Lipinski definition) is 2. The molecule has 0 aliphatic heterocycles. The summed E-state index contributed by atoms with van der Waals surface area (Å²) in [5, 5.41) is 3.33. The van der Waals surface area contributed by atoms with Crippen molar-refractivity contribution in [3.8, 4) is 5.75 Å². The molecule has 3 N–H and O–H groups in total. The molecule has 0 fully saturated rings. The van der Waals surface area contributed by atoms with Gasteiger partial charge < -0.3 is 15.8 Å². The summed E-state index contributed by atoms with van der Waals surface area (Å²) < 4.78 is 5.15. The molecule has 2 aromatic rings. The Kier molecular flexibility index (Phi) is 3.90. The molecule has 0 aliphatic carbocycles. The van der Waals surface area contributed by atoms with Gasteiger partial charge >= 0.3 is 0 Å². The van der Waals surface area contributed by atoms with Crippen LogP contribution in [0, 0.1) is 6.92 Å². The average Bonchev–Trinajstić information content (AvgIpc) is 2.43. The Bertz CT molecular complexity index is 552. The Hall–Kier alpha value is -2.23. The van der Waals surface area contributed by atoms with Crippen molar-refractivity contribution in [1.82, 2.24) is 4.98 Å².